The predicted molar refractivity (Wildman–Crippen MR) is 88.0 cm³/mol. The third-order valence-electron chi connectivity index (χ3n) is 3.69. The van der Waals surface area contributed by atoms with Crippen LogP contribution < -0.4 is 11.2 Å². The van der Waals surface area contributed by atoms with Gasteiger partial charge in [-0.1, -0.05) is 0 Å². The molecule has 0 bridgehead atoms. The number of esters is 1. The molecule has 146 valence electrons. The number of benzene rings is 1. The number of ether oxygens (including phenoxy) is 1. The van der Waals surface area contributed by atoms with Crippen LogP contribution in [0.25, 0.3) is 11.8 Å². The van der Waals surface area contributed by atoms with Gasteiger partial charge >= 0.3 is 17.8 Å². The summed E-state index contributed by atoms with van der Waals surface area (Å²) in [4.78, 5) is 35.6. The lowest BCUT2D eigenvalue weighted by Crippen LogP contribution is -2.41. The summed E-state index contributed by atoms with van der Waals surface area (Å²) in [5.74, 6) is -1.98. The monoisotopic (exact) mass is 397 g/mol. The topological polar surface area (TPSA) is 94.1 Å². The molecule has 0 aliphatic carbocycles. The molecule has 0 saturated carbocycles. The Balaban J connectivity index is 2.80. The summed E-state index contributed by atoms with van der Waals surface area (Å²) in [7, 11) is 1.88. The minimum atomic E-state index is -4.97. The van der Waals surface area contributed by atoms with Crippen molar-refractivity contribution in [3.63, 3.8) is 0 Å². The van der Waals surface area contributed by atoms with Crippen molar-refractivity contribution in [3.05, 3.63) is 67.8 Å². The summed E-state index contributed by atoms with van der Waals surface area (Å²) in [5, 5.41) is 9.08. The Hall–Kier alpha value is -3.68. The molecule has 2 rings (SSSR count). The van der Waals surface area contributed by atoms with Crippen LogP contribution in [0.3, 0.4) is 0 Å². The zero-order chi connectivity index (χ0) is 21.2. The Morgan fingerprint density at radius 3 is 2.43 bits per heavy atom. The average molecular weight is 397 g/mol. The fraction of sp³-hybridized carbons (Fsp3) is 0.176. The Kier molecular flexibility index (Phi) is 5.54. The molecule has 0 atom stereocenters. The number of halogens is 4. The number of methoxy groups -OCH3 is 1. The van der Waals surface area contributed by atoms with Gasteiger partial charge in [0, 0.05) is 19.2 Å². The van der Waals surface area contributed by atoms with Gasteiger partial charge in [-0.25, -0.2) is 18.5 Å². The van der Waals surface area contributed by atoms with Crippen LogP contribution in [0, 0.1) is 17.1 Å². The molecule has 0 radical (unpaired) electrons. The van der Waals surface area contributed by atoms with Crippen molar-refractivity contribution < 1.29 is 27.1 Å². The third-order valence-corrected chi connectivity index (χ3v) is 3.69. The Morgan fingerprint density at radius 2 is 1.89 bits per heavy atom. The zero-order valence-corrected chi connectivity index (χ0v) is 14.4. The van der Waals surface area contributed by atoms with Crippen molar-refractivity contribution in [2.75, 3.05) is 7.11 Å². The van der Waals surface area contributed by atoms with Gasteiger partial charge in [-0.05, 0) is 23.8 Å². The maximum Gasteiger partial charge on any atom is 0.431 e. The molecule has 0 spiro atoms. The van der Waals surface area contributed by atoms with E-state index in [0.29, 0.717) is 6.07 Å². The maximum absolute atomic E-state index is 14.4. The zero-order valence-electron chi connectivity index (χ0n) is 14.4. The minimum absolute atomic E-state index is 0.0573. The summed E-state index contributed by atoms with van der Waals surface area (Å²) >= 11 is 0. The first-order valence-corrected chi connectivity index (χ1v) is 7.41. The Morgan fingerprint density at radius 1 is 1.25 bits per heavy atom. The molecule has 2 aromatic rings. The van der Waals surface area contributed by atoms with Crippen molar-refractivity contribution in [2.24, 2.45) is 7.05 Å². The highest BCUT2D eigenvalue weighted by molar-refractivity contribution is 5.87. The first kappa shape index (κ1) is 20.6. The van der Waals surface area contributed by atoms with Crippen LogP contribution in [-0.4, -0.2) is 22.2 Å². The molecule has 7 nitrogen and oxygen atoms in total. The van der Waals surface area contributed by atoms with E-state index in [-0.39, 0.29) is 26.3 Å². The largest absolute Gasteiger partial charge is 0.466 e. The fourth-order valence-electron chi connectivity index (χ4n) is 2.33. The van der Waals surface area contributed by atoms with E-state index in [1.165, 1.54) is 0 Å². The second-order valence-corrected chi connectivity index (χ2v) is 5.40. The SMILES string of the molecule is COC(=O)/C=C\c1cc(-n2c(=O)cc(C(F)(F)F)n(C)c2=O)c(F)cc1C#N. The molecule has 0 unspecified atom stereocenters. The second kappa shape index (κ2) is 7.51. The lowest BCUT2D eigenvalue weighted by atomic mass is 10.1. The quantitative estimate of drug-likeness (QED) is 0.447. The minimum Gasteiger partial charge on any atom is -0.466 e. The van der Waals surface area contributed by atoms with Crippen molar-refractivity contribution in [3.8, 4) is 11.8 Å². The molecule has 11 heteroatoms. The summed E-state index contributed by atoms with van der Waals surface area (Å²) in [5.41, 5.74) is -5.33. The number of nitriles is 1. The molecule has 1 heterocycles. The van der Waals surface area contributed by atoms with E-state index in [1.54, 1.807) is 6.07 Å². The van der Waals surface area contributed by atoms with Crippen LogP contribution in [0.1, 0.15) is 16.8 Å². The molecular weight excluding hydrogens is 386 g/mol. The average Bonchev–Trinajstić information content (AvgIpc) is 2.63. The van der Waals surface area contributed by atoms with E-state index in [2.05, 4.69) is 4.74 Å². The van der Waals surface area contributed by atoms with Crippen LogP contribution in [0.5, 0.6) is 0 Å². The molecule has 0 saturated heterocycles. The van der Waals surface area contributed by atoms with Crippen molar-refractivity contribution >= 4 is 12.0 Å². The van der Waals surface area contributed by atoms with Gasteiger partial charge in [-0.15, -0.1) is 0 Å². The maximum atomic E-state index is 14.4. The standard InChI is InChI=1S/C17H11F4N3O4/c1-23-13(17(19,20)21)7-14(25)24(16(23)27)12-6-9(3-4-15(26)28-2)10(8-22)5-11(12)18/h3-7H,1-2H3/b4-3-. The van der Waals surface area contributed by atoms with Crippen molar-refractivity contribution in [2.45, 2.75) is 6.18 Å². The van der Waals surface area contributed by atoms with E-state index < -0.39 is 40.6 Å². The summed E-state index contributed by atoms with van der Waals surface area (Å²) < 4.78 is 57.9. The van der Waals surface area contributed by atoms with Gasteiger partial charge in [0.1, 0.15) is 11.5 Å². The van der Waals surface area contributed by atoms with E-state index in [0.717, 1.165) is 32.4 Å². The number of hydrogen-bond acceptors (Lipinski definition) is 5. The van der Waals surface area contributed by atoms with Gasteiger partial charge in [0.15, 0.2) is 0 Å². The van der Waals surface area contributed by atoms with E-state index >= 15 is 0 Å². The molecule has 0 aliphatic rings. The molecule has 28 heavy (non-hydrogen) atoms. The lowest BCUT2D eigenvalue weighted by molar-refractivity contribution is -0.144. The highest BCUT2D eigenvalue weighted by atomic mass is 19.4. The highest BCUT2D eigenvalue weighted by Crippen LogP contribution is 2.27. The number of aromatic nitrogens is 2. The second-order valence-electron chi connectivity index (χ2n) is 5.40. The Labute approximate surface area is 154 Å². The normalized spacial score (nSPS) is 11.5. The van der Waals surface area contributed by atoms with Crippen LogP contribution in [0.2, 0.25) is 0 Å². The van der Waals surface area contributed by atoms with Crippen LogP contribution in [0.15, 0.2) is 33.9 Å². The smallest absolute Gasteiger partial charge is 0.431 e. The van der Waals surface area contributed by atoms with E-state index in [4.69, 9.17) is 5.26 Å². The third kappa shape index (κ3) is 3.85. The molecule has 0 N–H and O–H groups in total. The first-order valence-electron chi connectivity index (χ1n) is 7.41. The molecule has 1 aromatic heterocycles. The van der Waals surface area contributed by atoms with Gasteiger partial charge in [0.2, 0.25) is 0 Å². The number of rotatable bonds is 3. The number of carbonyl (C=O) groups is 1. The summed E-state index contributed by atoms with van der Waals surface area (Å²) in [6.45, 7) is 0. The van der Waals surface area contributed by atoms with Gasteiger partial charge in [-0.2, -0.15) is 18.4 Å². The molecule has 1 aromatic carbocycles. The number of nitrogens with zero attached hydrogens (tertiary/aromatic N) is 3. The van der Waals surface area contributed by atoms with Gasteiger partial charge in [0.25, 0.3) is 5.56 Å². The van der Waals surface area contributed by atoms with E-state index in [9.17, 15) is 31.9 Å². The van der Waals surface area contributed by atoms with Crippen LogP contribution >= 0.6 is 0 Å². The lowest BCUT2D eigenvalue weighted by Gasteiger charge is -2.14. The first-order chi connectivity index (χ1) is 13.0. The van der Waals surface area contributed by atoms with Crippen molar-refractivity contribution in [1.29, 1.82) is 5.26 Å². The predicted octanol–water partition coefficient (Wildman–Crippen LogP) is 1.75. The molecular formula is C17H11F4N3O4. The number of carbonyl (C=O) groups excluding carboxylic acids is 1. The molecule has 0 aliphatic heterocycles. The van der Waals surface area contributed by atoms with Gasteiger partial charge in [0.05, 0.1) is 24.4 Å². The number of alkyl halides is 3. The summed E-state index contributed by atoms with van der Waals surface area (Å²) in [6.07, 6.45) is -2.98. The molecule has 0 fully saturated rings. The van der Waals surface area contributed by atoms with Crippen LogP contribution in [0.4, 0.5) is 17.6 Å². The van der Waals surface area contributed by atoms with Crippen molar-refractivity contribution in [1.82, 2.24) is 9.13 Å². The highest BCUT2D eigenvalue weighted by Gasteiger charge is 2.35. The molecule has 0 amide bonds. The Bertz CT molecular complexity index is 1140. The van der Waals surface area contributed by atoms with Gasteiger partial charge < -0.3 is 4.74 Å². The number of hydrogen-bond donors (Lipinski definition) is 0. The van der Waals surface area contributed by atoms with Gasteiger partial charge in [-0.3, -0.25) is 9.36 Å². The van der Waals surface area contributed by atoms with Crippen LogP contribution in [-0.2, 0) is 22.8 Å². The fourth-order valence-corrected chi connectivity index (χ4v) is 2.33. The summed E-state index contributed by atoms with van der Waals surface area (Å²) in [6, 6.07) is 3.40. The van der Waals surface area contributed by atoms with E-state index in [1.807, 2.05) is 0 Å².